The van der Waals surface area contributed by atoms with Gasteiger partial charge in [-0.2, -0.15) is 0 Å². The maximum atomic E-state index is 11.7. The third-order valence-corrected chi connectivity index (χ3v) is 4.04. The Morgan fingerprint density at radius 2 is 2.06 bits per heavy atom. The van der Waals surface area contributed by atoms with Crippen molar-refractivity contribution in [3.05, 3.63) is 33.4 Å². The Kier molecular flexibility index (Phi) is 4.21. The van der Waals surface area contributed by atoms with E-state index in [9.17, 15) is 9.59 Å². The van der Waals surface area contributed by atoms with Crippen molar-refractivity contribution in [1.29, 1.82) is 0 Å². The molecule has 0 bridgehead atoms. The molecule has 5 heteroatoms. The Labute approximate surface area is 119 Å². The van der Waals surface area contributed by atoms with E-state index in [1.54, 1.807) is 0 Å². The lowest BCUT2D eigenvalue weighted by Gasteiger charge is -2.16. The zero-order valence-corrected chi connectivity index (χ0v) is 12.0. The molecule has 0 spiro atoms. The van der Waals surface area contributed by atoms with Gasteiger partial charge in [0.1, 0.15) is 6.04 Å². The van der Waals surface area contributed by atoms with E-state index >= 15 is 0 Å². The number of benzene rings is 1. The van der Waals surface area contributed by atoms with Gasteiger partial charge >= 0.3 is 0 Å². The van der Waals surface area contributed by atoms with Gasteiger partial charge in [0.15, 0.2) is 0 Å². The van der Waals surface area contributed by atoms with Crippen LogP contribution in [0.25, 0.3) is 0 Å². The third kappa shape index (κ3) is 3.44. The first kappa shape index (κ1) is 13.3. The van der Waals surface area contributed by atoms with Gasteiger partial charge in [0.05, 0.1) is 0 Å². The number of amides is 2. The molecule has 1 aliphatic rings. The van der Waals surface area contributed by atoms with E-state index in [4.69, 9.17) is 5.73 Å². The predicted molar refractivity (Wildman–Crippen MR) is 76.7 cm³/mol. The molecule has 3 N–H and O–H groups in total. The Bertz CT molecular complexity index is 472. The molecule has 0 radical (unpaired) electrons. The Hall–Kier alpha value is -1.11. The SMILES string of the molecule is NC(=O)[C@@H](Cc1ccccc1I)NC(=O)C1CC1. The van der Waals surface area contributed by atoms with Gasteiger partial charge in [0.25, 0.3) is 0 Å². The van der Waals surface area contributed by atoms with Crippen molar-refractivity contribution in [2.24, 2.45) is 11.7 Å². The number of hydrogen-bond acceptors (Lipinski definition) is 2. The van der Waals surface area contributed by atoms with Crippen LogP contribution in [0.1, 0.15) is 18.4 Å². The highest BCUT2D eigenvalue weighted by molar-refractivity contribution is 14.1. The summed E-state index contributed by atoms with van der Waals surface area (Å²) in [6.07, 6.45) is 2.28. The molecule has 1 aromatic rings. The average Bonchev–Trinajstić information content (AvgIpc) is 3.14. The maximum absolute atomic E-state index is 11.7. The lowest BCUT2D eigenvalue weighted by atomic mass is 10.1. The summed E-state index contributed by atoms with van der Waals surface area (Å²) < 4.78 is 1.07. The van der Waals surface area contributed by atoms with Crippen molar-refractivity contribution in [1.82, 2.24) is 5.32 Å². The van der Waals surface area contributed by atoms with E-state index in [1.807, 2.05) is 24.3 Å². The highest BCUT2D eigenvalue weighted by atomic mass is 127. The second-order valence-electron chi connectivity index (χ2n) is 4.53. The number of carbonyl (C=O) groups excluding carboxylic acids is 2. The lowest BCUT2D eigenvalue weighted by Crippen LogP contribution is -2.46. The molecule has 0 heterocycles. The van der Waals surface area contributed by atoms with E-state index in [0.717, 1.165) is 22.0 Å². The average molecular weight is 358 g/mol. The van der Waals surface area contributed by atoms with E-state index in [-0.39, 0.29) is 11.8 Å². The molecule has 0 aromatic heterocycles. The van der Waals surface area contributed by atoms with Crippen molar-refractivity contribution < 1.29 is 9.59 Å². The topological polar surface area (TPSA) is 72.2 Å². The van der Waals surface area contributed by atoms with Crippen LogP contribution in [0.3, 0.4) is 0 Å². The quantitative estimate of drug-likeness (QED) is 0.777. The molecule has 2 rings (SSSR count). The number of primary amides is 1. The number of rotatable bonds is 5. The van der Waals surface area contributed by atoms with Gasteiger partial charge in [0, 0.05) is 15.9 Å². The van der Waals surface area contributed by atoms with Crippen LogP contribution in [-0.2, 0) is 16.0 Å². The molecule has 1 aliphatic carbocycles. The van der Waals surface area contributed by atoms with E-state index in [0.29, 0.717) is 6.42 Å². The van der Waals surface area contributed by atoms with E-state index in [1.165, 1.54) is 0 Å². The Morgan fingerprint density at radius 3 is 2.61 bits per heavy atom. The number of nitrogens with two attached hydrogens (primary N) is 1. The third-order valence-electron chi connectivity index (χ3n) is 2.99. The first-order chi connectivity index (χ1) is 8.58. The zero-order chi connectivity index (χ0) is 13.1. The molecule has 1 saturated carbocycles. The summed E-state index contributed by atoms with van der Waals surface area (Å²) in [7, 11) is 0. The molecule has 1 fully saturated rings. The van der Waals surface area contributed by atoms with E-state index < -0.39 is 11.9 Å². The minimum atomic E-state index is -0.617. The molecule has 0 aliphatic heterocycles. The van der Waals surface area contributed by atoms with Gasteiger partial charge in [-0.1, -0.05) is 18.2 Å². The molecule has 4 nitrogen and oxygen atoms in total. The molecule has 1 aromatic carbocycles. The van der Waals surface area contributed by atoms with Gasteiger partial charge in [-0.25, -0.2) is 0 Å². The standard InChI is InChI=1S/C13H15IN2O2/c14-10-4-2-1-3-9(10)7-11(12(15)17)16-13(18)8-5-6-8/h1-4,8,11H,5-7H2,(H2,15,17)(H,16,18)/t11-/m1/s1. The summed E-state index contributed by atoms with van der Waals surface area (Å²) in [5.74, 6) is -0.449. The van der Waals surface area contributed by atoms with Crippen LogP contribution in [0.15, 0.2) is 24.3 Å². The van der Waals surface area contributed by atoms with Gasteiger partial charge in [-0.3, -0.25) is 9.59 Å². The predicted octanol–water partition coefficient (Wildman–Crippen LogP) is 1.21. The van der Waals surface area contributed by atoms with Crippen molar-refractivity contribution in [3.63, 3.8) is 0 Å². The molecule has 0 unspecified atom stereocenters. The highest BCUT2D eigenvalue weighted by Gasteiger charge is 2.32. The summed E-state index contributed by atoms with van der Waals surface area (Å²) in [6.45, 7) is 0. The minimum Gasteiger partial charge on any atom is -0.368 e. The van der Waals surface area contributed by atoms with Crippen molar-refractivity contribution in [3.8, 4) is 0 Å². The number of hydrogen-bond donors (Lipinski definition) is 2. The van der Waals surface area contributed by atoms with Crippen LogP contribution >= 0.6 is 22.6 Å². The molecule has 96 valence electrons. The van der Waals surface area contributed by atoms with Crippen LogP contribution < -0.4 is 11.1 Å². The first-order valence-corrected chi connectivity index (χ1v) is 6.99. The van der Waals surface area contributed by atoms with Gasteiger partial charge < -0.3 is 11.1 Å². The molecular formula is C13H15IN2O2. The summed E-state index contributed by atoms with van der Waals surface area (Å²) in [4.78, 5) is 23.1. The highest BCUT2D eigenvalue weighted by Crippen LogP contribution is 2.29. The maximum Gasteiger partial charge on any atom is 0.240 e. The smallest absolute Gasteiger partial charge is 0.240 e. The van der Waals surface area contributed by atoms with Crippen LogP contribution in [0.2, 0.25) is 0 Å². The summed E-state index contributed by atoms with van der Waals surface area (Å²) in [6, 6.07) is 7.15. The van der Waals surface area contributed by atoms with Crippen molar-refractivity contribution in [2.75, 3.05) is 0 Å². The fraction of sp³-hybridized carbons (Fsp3) is 0.385. The van der Waals surface area contributed by atoms with Crippen LogP contribution in [0.5, 0.6) is 0 Å². The van der Waals surface area contributed by atoms with Gasteiger partial charge in [-0.05, 0) is 47.1 Å². The zero-order valence-electron chi connectivity index (χ0n) is 9.86. The second-order valence-corrected chi connectivity index (χ2v) is 5.70. The molecule has 18 heavy (non-hydrogen) atoms. The normalized spacial score (nSPS) is 16.1. The number of carbonyl (C=O) groups is 2. The molecular weight excluding hydrogens is 343 g/mol. The summed E-state index contributed by atoms with van der Waals surface area (Å²) in [5.41, 5.74) is 6.37. The fourth-order valence-corrected chi connectivity index (χ4v) is 2.35. The summed E-state index contributed by atoms with van der Waals surface area (Å²) >= 11 is 2.21. The largest absolute Gasteiger partial charge is 0.368 e. The van der Waals surface area contributed by atoms with E-state index in [2.05, 4.69) is 27.9 Å². The van der Waals surface area contributed by atoms with Gasteiger partial charge in [0.2, 0.25) is 11.8 Å². The molecule has 2 amide bonds. The van der Waals surface area contributed by atoms with Crippen LogP contribution in [-0.4, -0.2) is 17.9 Å². The Morgan fingerprint density at radius 1 is 1.39 bits per heavy atom. The second kappa shape index (κ2) is 5.69. The van der Waals surface area contributed by atoms with Crippen molar-refractivity contribution >= 4 is 34.4 Å². The van der Waals surface area contributed by atoms with Gasteiger partial charge in [-0.15, -0.1) is 0 Å². The summed E-state index contributed by atoms with van der Waals surface area (Å²) in [5, 5.41) is 2.74. The minimum absolute atomic E-state index is 0.0512. The number of nitrogens with one attached hydrogen (secondary N) is 1. The monoisotopic (exact) mass is 358 g/mol. The fourth-order valence-electron chi connectivity index (χ4n) is 1.74. The van der Waals surface area contributed by atoms with Crippen molar-refractivity contribution in [2.45, 2.75) is 25.3 Å². The number of halogens is 1. The molecule has 1 atom stereocenters. The molecule has 0 saturated heterocycles. The Balaban J connectivity index is 2.04. The van der Waals surface area contributed by atoms with Crippen LogP contribution in [0, 0.1) is 9.49 Å². The first-order valence-electron chi connectivity index (χ1n) is 5.91. The van der Waals surface area contributed by atoms with Crippen LogP contribution in [0.4, 0.5) is 0 Å². The lowest BCUT2D eigenvalue weighted by molar-refractivity contribution is -0.128.